The second kappa shape index (κ2) is 8.48. The minimum atomic E-state index is 0. The molecule has 1 aliphatic carbocycles. The highest BCUT2D eigenvalue weighted by Crippen LogP contribution is 2.37. The summed E-state index contributed by atoms with van der Waals surface area (Å²) in [5.41, 5.74) is 8.62. The molecule has 0 saturated heterocycles. The Morgan fingerprint density at radius 3 is 2.62 bits per heavy atom. The van der Waals surface area contributed by atoms with Gasteiger partial charge in [0, 0.05) is 23.0 Å². The Morgan fingerprint density at radius 2 is 1.85 bits per heavy atom. The summed E-state index contributed by atoms with van der Waals surface area (Å²) in [6.07, 6.45) is 3.00. The number of ether oxygens (including phenoxy) is 1. The summed E-state index contributed by atoms with van der Waals surface area (Å²) in [6, 6.07) is 16.6. The average molecular weight is 484 g/mol. The summed E-state index contributed by atoms with van der Waals surface area (Å²) in [5, 5.41) is 4.15. The predicted molar refractivity (Wildman–Crippen MR) is 117 cm³/mol. The number of benzene rings is 2. The van der Waals surface area contributed by atoms with Crippen LogP contribution in [0.5, 0.6) is 5.75 Å². The van der Waals surface area contributed by atoms with Crippen LogP contribution in [-0.2, 0) is 0 Å². The van der Waals surface area contributed by atoms with Gasteiger partial charge >= 0.3 is 0 Å². The highest BCUT2D eigenvalue weighted by molar-refractivity contribution is 14.0. The molecule has 3 N–H and O–H groups in total. The molecule has 138 valence electrons. The van der Waals surface area contributed by atoms with Crippen molar-refractivity contribution in [3.8, 4) is 5.75 Å². The van der Waals surface area contributed by atoms with Gasteiger partial charge in [0.2, 0.25) is 0 Å². The van der Waals surface area contributed by atoms with E-state index < -0.39 is 0 Å². The van der Waals surface area contributed by atoms with Crippen molar-refractivity contribution in [3.63, 3.8) is 0 Å². The minimum absolute atomic E-state index is 0. The first kappa shape index (κ1) is 19.3. The van der Waals surface area contributed by atoms with Crippen molar-refractivity contribution in [2.45, 2.75) is 37.3 Å². The van der Waals surface area contributed by atoms with Crippen LogP contribution in [-0.4, -0.2) is 18.6 Å². The number of hydrogen-bond donors (Lipinski definition) is 2. The Bertz CT molecular complexity index is 775. The molecule has 2 aliphatic rings. The number of rotatable bonds is 3. The summed E-state index contributed by atoms with van der Waals surface area (Å²) < 4.78 is 5.68. The number of nitrogens with one attached hydrogen (secondary N) is 1. The molecule has 0 aromatic heterocycles. The van der Waals surface area contributed by atoms with Gasteiger partial charge in [-0.25, -0.2) is 4.99 Å². The van der Waals surface area contributed by atoms with E-state index in [-0.39, 0.29) is 30.0 Å². The molecule has 26 heavy (non-hydrogen) atoms. The van der Waals surface area contributed by atoms with Crippen LogP contribution in [0.15, 0.2) is 53.5 Å². The van der Waals surface area contributed by atoms with Crippen molar-refractivity contribution >= 4 is 41.5 Å². The smallest absolute Gasteiger partial charge is 0.189 e. The van der Waals surface area contributed by atoms with Crippen molar-refractivity contribution in [2.24, 2.45) is 10.7 Å². The summed E-state index contributed by atoms with van der Waals surface area (Å²) in [4.78, 5) is 4.69. The number of para-hydroxylation sites is 1. The number of nitrogens with zero attached hydrogens (tertiary/aromatic N) is 1. The van der Waals surface area contributed by atoms with Crippen LogP contribution in [0.25, 0.3) is 0 Å². The van der Waals surface area contributed by atoms with Gasteiger partial charge in [-0.05, 0) is 42.5 Å². The standard InChI is InChI=1S/C20H22ClN3O.HI/c21-15-7-5-13(6-8-15)14-11-16(12-14)23-20(22)24-18-9-10-25-19-4-2-1-3-17(18)19;/h1-8,14,16,18H,9-12H2,(H3,22,23,24);1H. The van der Waals surface area contributed by atoms with Crippen molar-refractivity contribution in [1.29, 1.82) is 0 Å². The number of hydrogen-bond acceptors (Lipinski definition) is 2. The van der Waals surface area contributed by atoms with Crippen LogP contribution in [0.1, 0.15) is 42.3 Å². The van der Waals surface area contributed by atoms with Crippen LogP contribution in [0.4, 0.5) is 0 Å². The Morgan fingerprint density at radius 1 is 1.12 bits per heavy atom. The Balaban J connectivity index is 0.00000196. The minimum Gasteiger partial charge on any atom is -0.493 e. The van der Waals surface area contributed by atoms with E-state index in [1.807, 2.05) is 30.3 Å². The van der Waals surface area contributed by atoms with E-state index in [0.29, 0.717) is 24.5 Å². The van der Waals surface area contributed by atoms with E-state index in [0.717, 1.165) is 35.6 Å². The fourth-order valence-electron chi connectivity index (χ4n) is 3.61. The molecule has 4 nitrogen and oxygen atoms in total. The Hall–Kier alpha value is -1.47. The van der Waals surface area contributed by atoms with Crippen molar-refractivity contribution < 1.29 is 4.74 Å². The third-order valence-electron chi connectivity index (χ3n) is 5.05. The maximum atomic E-state index is 6.16. The van der Waals surface area contributed by atoms with E-state index >= 15 is 0 Å². The van der Waals surface area contributed by atoms with Crippen LogP contribution >= 0.6 is 35.6 Å². The summed E-state index contributed by atoms with van der Waals surface area (Å²) in [7, 11) is 0. The number of nitrogens with two attached hydrogens (primary N) is 1. The molecule has 6 heteroatoms. The van der Waals surface area contributed by atoms with Gasteiger partial charge in [0.15, 0.2) is 5.96 Å². The maximum Gasteiger partial charge on any atom is 0.189 e. The zero-order valence-corrected chi connectivity index (χ0v) is 17.5. The second-order valence-corrected chi connectivity index (χ2v) is 7.20. The first-order valence-corrected chi connectivity index (χ1v) is 9.14. The van der Waals surface area contributed by atoms with E-state index in [1.165, 1.54) is 5.56 Å². The fourth-order valence-corrected chi connectivity index (χ4v) is 3.74. The van der Waals surface area contributed by atoms with Gasteiger partial charge < -0.3 is 15.8 Å². The molecule has 0 bridgehead atoms. The SMILES string of the molecule is I.NC(=NC1CCOc2ccccc21)NC1CC(c2ccc(Cl)cc2)C1. The van der Waals surface area contributed by atoms with E-state index in [4.69, 9.17) is 27.1 Å². The average Bonchev–Trinajstić information content (AvgIpc) is 2.59. The first-order valence-electron chi connectivity index (χ1n) is 8.76. The molecule has 1 saturated carbocycles. The highest BCUT2D eigenvalue weighted by Gasteiger charge is 2.31. The van der Waals surface area contributed by atoms with Gasteiger partial charge in [0.1, 0.15) is 5.75 Å². The molecular formula is C20H23ClIN3O. The zero-order chi connectivity index (χ0) is 17.2. The molecule has 1 heterocycles. The first-order chi connectivity index (χ1) is 12.2. The summed E-state index contributed by atoms with van der Waals surface area (Å²) >= 11 is 5.95. The molecule has 1 atom stereocenters. The summed E-state index contributed by atoms with van der Waals surface area (Å²) in [6.45, 7) is 0.681. The van der Waals surface area contributed by atoms with Crippen LogP contribution in [0.3, 0.4) is 0 Å². The van der Waals surface area contributed by atoms with E-state index in [2.05, 4.69) is 23.5 Å². The maximum absolute atomic E-state index is 6.16. The normalized spacial score (nSPS) is 24.5. The monoisotopic (exact) mass is 483 g/mol. The lowest BCUT2D eigenvalue weighted by Gasteiger charge is -2.36. The molecule has 0 spiro atoms. The van der Waals surface area contributed by atoms with Gasteiger partial charge in [-0.2, -0.15) is 0 Å². The second-order valence-electron chi connectivity index (χ2n) is 6.77. The predicted octanol–water partition coefficient (Wildman–Crippen LogP) is 4.63. The van der Waals surface area contributed by atoms with Gasteiger partial charge in [0.25, 0.3) is 0 Å². The van der Waals surface area contributed by atoms with Crippen LogP contribution < -0.4 is 15.8 Å². The van der Waals surface area contributed by atoms with Crippen molar-refractivity contribution in [3.05, 3.63) is 64.7 Å². The third kappa shape index (κ3) is 4.26. The molecule has 0 amide bonds. The van der Waals surface area contributed by atoms with Gasteiger partial charge in [-0.3, -0.25) is 0 Å². The van der Waals surface area contributed by atoms with Gasteiger partial charge in [0.05, 0.1) is 12.6 Å². The lowest BCUT2D eigenvalue weighted by atomic mass is 9.76. The molecule has 2 aromatic carbocycles. The molecule has 1 unspecified atom stereocenters. The Labute approximate surface area is 176 Å². The topological polar surface area (TPSA) is 59.6 Å². The van der Waals surface area contributed by atoms with Crippen molar-refractivity contribution in [1.82, 2.24) is 5.32 Å². The lowest BCUT2D eigenvalue weighted by Crippen LogP contribution is -2.46. The third-order valence-corrected chi connectivity index (χ3v) is 5.31. The fraction of sp³-hybridized carbons (Fsp3) is 0.350. The molecule has 1 fully saturated rings. The molecule has 1 aliphatic heterocycles. The molecule has 0 radical (unpaired) electrons. The molecular weight excluding hydrogens is 461 g/mol. The van der Waals surface area contributed by atoms with Crippen LogP contribution in [0, 0.1) is 0 Å². The number of halogens is 2. The number of guanidine groups is 1. The van der Waals surface area contributed by atoms with Gasteiger partial charge in [-0.1, -0.05) is 41.9 Å². The summed E-state index contributed by atoms with van der Waals surface area (Å²) in [5.74, 6) is 2.02. The van der Waals surface area contributed by atoms with Crippen LogP contribution in [0.2, 0.25) is 5.02 Å². The quantitative estimate of drug-likeness (QED) is 0.380. The largest absolute Gasteiger partial charge is 0.493 e. The van der Waals surface area contributed by atoms with E-state index in [1.54, 1.807) is 0 Å². The highest BCUT2D eigenvalue weighted by atomic mass is 127. The number of aliphatic imine (C=N–C) groups is 1. The molecule has 4 rings (SSSR count). The van der Waals surface area contributed by atoms with Crippen molar-refractivity contribution in [2.75, 3.05) is 6.61 Å². The van der Waals surface area contributed by atoms with Gasteiger partial charge in [-0.15, -0.1) is 24.0 Å². The lowest BCUT2D eigenvalue weighted by molar-refractivity contribution is 0.269. The Kier molecular flexibility index (Phi) is 6.29. The molecule has 2 aromatic rings. The van der Waals surface area contributed by atoms with E-state index in [9.17, 15) is 0 Å². The number of fused-ring (bicyclic) bond motifs is 1. The zero-order valence-electron chi connectivity index (χ0n) is 14.4.